The number of benzene rings is 1. The van der Waals surface area contributed by atoms with Crippen LogP contribution in [0.3, 0.4) is 0 Å². The molecule has 0 aliphatic carbocycles. The van der Waals surface area contributed by atoms with Gasteiger partial charge in [-0.3, -0.25) is 4.79 Å². The SMILES string of the molecule is CC(=O)NC(Nc1ccccc1)C(=O)[O-].[Li+]. The minimum Gasteiger partial charge on any atom is -0.546 e. The van der Waals surface area contributed by atoms with Gasteiger partial charge in [0.2, 0.25) is 5.91 Å². The number of amides is 1. The van der Waals surface area contributed by atoms with E-state index < -0.39 is 18.0 Å². The summed E-state index contributed by atoms with van der Waals surface area (Å²) >= 11 is 0. The molecule has 0 radical (unpaired) electrons. The van der Waals surface area contributed by atoms with Crippen LogP contribution in [0.15, 0.2) is 30.3 Å². The second-order valence-corrected chi connectivity index (χ2v) is 2.96. The van der Waals surface area contributed by atoms with Gasteiger partial charge in [0.1, 0.15) is 6.17 Å². The van der Waals surface area contributed by atoms with Crippen LogP contribution < -0.4 is 34.6 Å². The van der Waals surface area contributed by atoms with Gasteiger partial charge in [-0.2, -0.15) is 0 Å². The van der Waals surface area contributed by atoms with Crippen LogP contribution in [0.4, 0.5) is 5.69 Å². The van der Waals surface area contributed by atoms with Crippen LogP contribution >= 0.6 is 0 Å². The smallest absolute Gasteiger partial charge is 0.546 e. The molecule has 1 unspecified atom stereocenters. The number of carbonyl (C=O) groups excluding carboxylic acids is 2. The van der Waals surface area contributed by atoms with Gasteiger partial charge in [-0.25, -0.2) is 0 Å². The number of anilines is 1. The number of carbonyl (C=O) groups is 2. The number of nitrogens with one attached hydrogen (secondary N) is 2. The van der Waals surface area contributed by atoms with E-state index in [1.54, 1.807) is 30.3 Å². The Morgan fingerprint density at radius 1 is 1.25 bits per heavy atom. The standard InChI is InChI=1S/C10H12N2O3.Li/c1-7(13)11-9(10(14)15)12-8-5-3-2-4-6-8;/h2-6,9,12H,1H3,(H,11,13)(H,14,15);/q;+1/p-1. The van der Waals surface area contributed by atoms with Crippen molar-refractivity contribution < 1.29 is 33.6 Å². The van der Waals surface area contributed by atoms with Gasteiger partial charge in [0.25, 0.3) is 0 Å². The average Bonchev–Trinajstić information content (AvgIpc) is 2.17. The summed E-state index contributed by atoms with van der Waals surface area (Å²) in [6, 6.07) is 8.69. The Balaban J connectivity index is 0.00000225. The van der Waals surface area contributed by atoms with Crippen molar-refractivity contribution >= 4 is 17.6 Å². The molecule has 0 aliphatic rings. The fourth-order valence-corrected chi connectivity index (χ4v) is 1.06. The van der Waals surface area contributed by atoms with Crippen LogP contribution in [0.25, 0.3) is 0 Å². The van der Waals surface area contributed by atoms with Crippen molar-refractivity contribution in [3.05, 3.63) is 30.3 Å². The van der Waals surface area contributed by atoms with E-state index in [4.69, 9.17) is 0 Å². The summed E-state index contributed by atoms with van der Waals surface area (Å²) in [6.07, 6.45) is -1.22. The summed E-state index contributed by atoms with van der Waals surface area (Å²) < 4.78 is 0. The first kappa shape index (κ1) is 14.6. The molecule has 1 aromatic rings. The fourth-order valence-electron chi connectivity index (χ4n) is 1.06. The summed E-state index contributed by atoms with van der Waals surface area (Å²) in [5.74, 6) is -1.82. The molecule has 16 heavy (non-hydrogen) atoms. The summed E-state index contributed by atoms with van der Waals surface area (Å²) in [4.78, 5) is 21.4. The number of aliphatic carboxylic acids is 1. The van der Waals surface area contributed by atoms with E-state index in [9.17, 15) is 14.7 Å². The minimum absolute atomic E-state index is 0. The maximum atomic E-state index is 10.7. The van der Waals surface area contributed by atoms with E-state index in [1.807, 2.05) is 0 Å². The molecule has 0 fully saturated rings. The summed E-state index contributed by atoms with van der Waals surface area (Å²) in [5, 5.41) is 15.5. The zero-order valence-corrected chi connectivity index (χ0v) is 9.19. The number of carboxylic acids is 1. The summed E-state index contributed by atoms with van der Waals surface area (Å²) in [7, 11) is 0. The molecule has 0 heterocycles. The van der Waals surface area contributed by atoms with Crippen LogP contribution in [-0.2, 0) is 9.59 Å². The first-order chi connectivity index (χ1) is 7.09. The predicted octanol–water partition coefficient (Wildman–Crippen LogP) is -3.69. The molecule has 5 nitrogen and oxygen atoms in total. The van der Waals surface area contributed by atoms with Crippen molar-refractivity contribution in [3.8, 4) is 0 Å². The molecule has 6 heteroatoms. The third kappa shape index (κ3) is 4.87. The van der Waals surface area contributed by atoms with Crippen molar-refractivity contribution in [2.45, 2.75) is 13.1 Å². The number of para-hydroxylation sites is 1. The van der Waals surface area contributed by atoms with E-state index in [2.05, 4.69) is 10.6 Å². The fraction of sp³-hybridized carbons (Fsp3) is 0.200. The molecule has 1 rings (SSSR count). The van der Waals surface area contributed by atoms with E-state index in [0.29, 0.717) is 5.69 Å². The molecule has 0 spiro atoms. The molecule has 0 aromatic heterocycles. The van der Waals surface area contributed by atoms with Crippen molar-refractivity contribution in [3.63, 3.8) is 0 Å². The third-order valence-electron chi connectivity index (χ3n) is 1.67. The quantitative estimate of drug-likeness (QED) is 0.399. The van der Waals surface area contributed by atoms with Gasteiger partial charge in [-0.05, 0) is 12.1 Å². The zero-order chi connectivity index (χ0) is 11.3. The van der Waals surface area contributed by atoms with Gasteiger partial charge in [-0.1, -0.05) is 18.2 Å². The monoisotopic (exact) mass is 214 g/mol. The van der Waals surface area contributed by atoms with Gasteiger partial charge >= 0.3 is 18.9 Å². The Hall–Kier alpha value is -1.44. The van der Waals surface area contributed by atoms with Crippen LogP contribution in [0.5, 0.6) is 0 Å². The molecule has 0 bridgehead atoms. The second kappa shape index (κ2) is 6.94. The van der Waals surface area contributed by atoms with Crippen LogP contribution in [0.2, 0.25) is 0 Å². The van der Waals surface area contributed by atoms with Gasteiger partial charge in [0.15, 0.2) is 0 Å². The predicted molar refractivity (Wildman–Crippen MR) is 52.7 cm³/mol. The average molecular weight is 214 g/mol. The molecule has 1 aromatic carbocycles. The van der Waals surface area contributed by atoms with Crippen LogP contribution in [-0.4, -0.2) is 18.0 Å². The first-order valence-electron chi connectivity index (χ1n) is 4.39. The molecule has 0 aliphatic heterocycles. The number of hydrogen-bond acceptors (Lipinski definition) is 4. The third-order valence-corrected chi connectivity index (χ3v) is 1.67. The summed E-state index contributed by atoms with van der Waals surface area (Å²) in [5.41, 5.74) is 0.598. The topological polar surface area (TPSA) is 81.3 Å². The van der Waals surface area contributed by atoms with Gasteiger partial charge in [-0.15, -0.1) is 0 Å². The Bertz CT molecular complexity index is 356. The molecule has 0 saturated carbocycles. The molecule has 1 atom stereocenters. The second-order valence-electron chi connectivity index (χ2n) is 2.96. The Morgan fingerprint density at radius 2 is 1.81 bits per heavy atom. The Kier molecular flexibility index (Phi) is 6.31. The Labute approximate surface area is 105 Å². The summed E-state index contributed by atoms with van der Waals surface area (Å²) in [6.45, 7) is 1.24. The van der Waals surface area contributed by atoms with E-state index in [0.717, 1.165) is 0 Å². The van der Waals surface area contributed by atoms with Crippen molar-refractivity contribution in [1.29, 1.82) is 0 Å². The largest absolute Gasteiger partial charge is 1.00 e. The number of carboxylic acid groups (broad SMARTS) is 1. The molecular formula is C10H11LiN2O3. The molecule has 80 valence electrons. The molecule has 1 amide bonds. The van der Waals surface area contributed by atoms with Gasteiger partial charge < -0.3 is 20.5 Å². The molecule has 0 saturated heterocycles. The molecular weight excluding hydrogens is 203 g/mol. The van der Waals surface area contributed by atoms with Gasteiger partial charge in [0.05, 0.1) is 5.97 Å². The normalized spacial score (nSPS) is 10.8. The van der Waals surface area contributed by atoms with Crippen molar-refractivity contribution in [1.82, 2.24) is 5.32 Å². The van der Waals surface area contributed by atoms with E-state index >= 15 is 0 Å². The van der Waals surface area contributed by atoms with Crippen LogP contribution in [0, 0.1) is 0 Å². The van der Waals surface area contributed by atoms with E-state index in [1.165, 1.54) is 6.92 Å². The van der Waals surface area contributed by atoms with Crippen molar-refractivity contribution in [2.24, 2.45) is 0 Å². The zero-order valence-electron chi connectivity index (χ0n) is 9.19. The number of rotatable bonds is 4. The number of hydrogen-bond donors (Lipinski definition) is 2. The first-order valence-corrected chi connectivity index (χ1v) is 4.39. The maximum absolute atomic E-state index is 10.7. The minimum atomic E-state index is -1.38. The van der Waals surface area contributed by atoms with Crippen molar-refractivity contribution in [2.75, 3.05) is 5.32 Å². The van der Waals surface area contributed by atoms with Crippen LogP contribution in [0.1, 0.15) is 6.92 Å². The van der Waals surface area contributed by atoms with Gasteiger partial charge in [0, 0.05) is 12.6 Å². The maximum Gasteiger partial charge on any atom is 1.00 e. The molecule has 2 N–H and O–H groups in total. The Morgan fingerprint density at radius 3 is 2.25 bits per heavy atom. The van der Waals surface area contributed by atoms with E-state index in [-0.39, 0.29) is 18.9 Å².